The molecule has 0 N–H and O–H groups in total. The van der Waals surface area contributed by atoms with E-state index in [0.717, 1.165) is 17.5 Å². The second-order valence-electron chi connectivity index (χ2n) is 6.31. The third-order valence-corrected chi connectivity index (χ3v) is 4.76. The van der Waals surface area contributed by atoms with Crippen LogP contribution in [0.2, 0.25) is 10.0 Å². The Kier molecular flexibility index (Phi) is 7.65. The third kappa shape index (κ3) is 5.81. The van der Waals surface area contributed by atoms with Crippen LogP contribution in [0, 0.1) is 13.8 Å². The largest absolute Gasteiger partial charge is 0.789 e. The lowest BCUT2D eigenvalue weighted by atomic mass is 10.1. The number of hydrogen-bond donors (Lipinski definition) is 0. The van der Waals surface area contributed by atoms with Crippen LogP contribution in [0.4, 0.5) is 0 Å². The van der Waals surface area contributed by atoms with E-state index >= 15 is 0 Å². The van der Waals surface area contributed by atoms with Gasteiger partial charge in [0, 0.05) is 10.0 Å². The molecule has 0 bridgehead atoms. The van der Waals surface area contributed by atoms with Crippen LogP contribution in [0.15, 0.2) is 36.4 Å². The molecule has 0 amide bonds. The van der Waals surface area contributed by atoms with Gasteiger partial charge in [0.2, 0.25) is 0 Å². The first-order valence-electron chi connectivity index (χ1n) is 8.47. The molecule has 0 aromatic heterocycles. The number of halogens is 2. The van der Waals surface area contributed by atoms with E-state index in [9.17, 15) is 0 Å². The molecule has 0 heterocycles. The lowest BCUT2D eigenvalue weighted by Crippen LogP contribution is -2.42. The molecule has 0 aliphatic rings. The van der Waals surface area contributed by atoms with Crippen LogP contribution in [0.3, 0.4) is 0 Å². The molecule has 0 aliphatic carbocycles. The summed E-state index contributed by atoms with van der Waals surface area (Å²) < 4.78 is 17.8. The molecule has 4 nitrogen and oxygen atoms in total. The average molecular weight is 396 g/mol. The molecule has 0 radical (unpaired) electrons. The number of rotatable bonds is 8. The Morgan fingerprint density at radius 3 is 1.73 bits per heavy atom. The van der Waals surface area contributed by atoms with Gasteiger partial charge in [-0.1, -0.05) is 42.3 Å². The van der Waals surface area contributed by atoms with Crippen molar-refractivity contribution in [2.24, 2.45) is 0 Å². The van der Waals surface area contributed by atoms with E-state index < -0.39 is 7.32 Å². The number of nitrogens with zero attached hydrogens (tertiary/aromatic N) is 1. The van der Waals surface area contributed by atoms with E-state index in [1.54, 1.807) is 12.1 Å². The molecule has 1 unspecified atom stereocenters. The molecule has 0 spiro atoms. The highest BCUT2D eigenvalue weighted by Crippen LogP contribution is 2.25. The van der Waals surface area contributed by atoms with Crippen molar-refractivity contribution < 1.29 is 14.0 Å². The van der Waals surface area contributed by atoms with Gasteiger partial charge in [0.1, 0.15) is 17.7 Å². The quantitative estimate of drug-likeness (QED) is 0.444. The summed E-state index contributed by atoms with van der Waals surface area (Å²) >= 11 is 12.4. The van der Waals surface area contributed by atoms with E-state index in [2.05, 4.69) is 0 Å². The molecule has 26 heavy (non-hydrogen) atoms. The van der Waals surface area contributed by atoms with Crippen molar-refractivity contribution >= 4 is 30.5 Å². The maximum atomic E-state index is 6.19. The van der Waals surface area contributed by atoms with Crippen LogP contribution < -0.4 is 9.31 Å². The minimum atomic E-state index is -0.945. The Morgan fingerprint density at radius 2 is 1.38 bits per heavy atom. The number of hydrogen-bond acceptors (Lipinski definition) is 4. The standard InChI is InChI=1S/C19H24BCl2NO3/c1-6-19(23(4)5)26-20(24-15-9-7-13(2)17(21)11-15)25-16-10-8-14(3)18(22)12-16/h7-12,19H,6H2,1-5H3. The van der Waals surface area contributed by atoms with Crippen molar-refractivity contribution in [2.45, 2.75) is 33.4 Å². The fourth-order valence-electron chi connectivity index (χ4n) is 2.31. The van der Waals surface area contributed by atoms with E-state index in [-0.39, 0.29) is 6.23 Å². The molecule has 0 fully saturated rings. The van der Waals surface area contributed by atoms with Gasteiger partial charge in [-0.15, -0.1) is 0 Å². The SMILES string of the molecule is CCC(OB(Oc1ccc(C)c(Cl)c1)Oc1ccc(C)c(Cl)c1)N(C)C. The van der Waals surface area contributed by atoms with Gasteiger partial charge in [-0.2, -0.15) is 0 Å². The zero-order valence-corrected chi connectivity index (χ0v) is 17.3. The second kappa shape index (κ2) is 9.51. The van der Waals surface area contributed by atoms with E-state index in [0.29, 0.717) is 21.5 Å². The summed E-state index contributed by atoms with van der Waals surface area (Å²) in [6, 6.07) is 10.9. The van der Waals surface area contributed by atoms with Crippen LogP contribution in [0.25, 0.3) is 0 Å². The first-order valence-corrected chi connectivity index (χ1v) is 9.23. The molecule has 0 aliphatic heterocycles. The Hall–Kier alpha value is -1.40. The van der Waals surface area contributed by atoms with Gasteiger partial charge in [0.15, 0.2) is 0 Å². The van der Waals surface area contributed by atoms with Gasteiger partial charge in [-0.25, -0.2) is 0 Å². The van der Waals surface area contributed by atoms with Gasteiger partial charge >= 0.3 is 7.32 Å². The highest BCUT2D eigenvalue weighted by Gasteiger charge is 2.31. The van der Waals surface area contributed by atoms with Gasteiger partial charge < -0.3 is 14.0 Å². The highest BCUT2D eigenvalue weighted by atomic mass is 35.5. The first kappa shape index (κ1) is 20.9. The van der Waals surface area contributed by atoms with Crippen molar-refractivity contribution in [3.05, 3.63) is 57.6 Å². The summed E-state index contributed by atoms with van der Waals surface area (Å²) in [5, 5.41) is 1.25. The molecule has 2 aromatic carbocycles. The first-order chi connectivity index (χ1) is 12.3. The van der Waals surface area contributed by atoms with E-state index in [1.807, 2.05) is 64.0 Å². The van der Waals surface area contributed by atoms with Crippen molar-refractivity contribution in [1.29, 1.82) is 0 Å². The zero-order chi connectivity index (χ0) is 19.3. The Morgan fingerprint density at radius 1 is 0.923 bits per heavy atom. The highest BCUT2D eigenvalue weighted by molar-refractivity contribution is 6.39. The fraction of sp³-hybridized carbons (Fsp3) is 0.368. The lowest BCUT2D eigenvalue weighted by molar-refractivity contribution is 0.0250. The van der Waals surface area contributed by atoms with Gasteiger partial charge in [-0.3, -0.25) is 4.90 Å². The van der Waals surface area contributed by atoms with E-state index in [4.69, 9.17) is 37.2 Å². The van der Waals surface area contributed by atoms with Crippen LogP contribution in [0.1, 0.15) is 24.5 Å². The topological polar surface area (TPSA) is 30.9 Å². The van der Waals surface area contributed by atoms with Crippen molar-refractivity contribution in [3.63, 3.8) is 0 Å². The van der Waals surface area contributed by atoms with E-state index in [1.165, 1.54) is 0 Å². The fourth-order valence-corrected chi connectivity index (χ4v) is 2.65. The normalized spacial score (nSPS) is 12.2. The molecule has 7 heteroatoms. The summed E-state index contributed by atoms with van der Waals surface area (Å²) in [4.78, 5) is 1.96. The van der Waals surface area contributed by atoms with Crippen LogP contribution in [0.5, 0.6) is 11.5 Å². The van der Waals surface area contributed by atoms with Crippen LogP contribution in [-0.2, 0) is 4.65 Å². The molecular weight excluding hydrogens is 372 g/mol. The number of aryl methyl sites for hydroxylation is 2. The summed E-state index contributed by atoms with van der Waals surface area (Å²) in [6.45, 7) is 5.90. The second-order valence-corrected chi connectivity index (χ2v) is 7.12. The van der Waals surface area contributed by atoms with Gasteiger partial charge in [0.25, 0.3) is 0 Å². The maximum absolute atomic E-state index is 6.19. The Labute approximate surface area is 166 Å². The van der Waals surface area contributed by atoms with Gasteiger partial charge in [-0.05, 0) is 69.8 Å². The summed E-state index contributed by atoms with van der Waals surface area (Å²) in [5.74, 6) is 1.13. The van der Waals surface area contributed by atoms with Gasteiger partial charge in [0.05, 0.1) is 0 Å². The monoisotopic (exact) mass is 395 g/mol. The average Bonchev–Trinajstić information content (AvgIpc) is 2.58. The van der Waals surface area contributed by atoms with Crippen LogP contribution in [-0.4, -0.2) is 32.5 Å². The summed E-state index contributed by atoms with van der Waals surface area (Å²) in [7, 11) is 2.94. The molecule has 2 aromatic rings. The van der Waals surface area contributed by atoms with Crippen molar-refractivity contribution in [3.8, 4) is 11.5 Å². The maximum Gasteiger partial charge on any atom is 0.789 e. The summed E-state index contributed by atoms with van der Waals surface area (Å²) in [6.07, 6.45) is 0.612. The molecule has 0 saturated heterocycles. The molecule has 0 saturated carbocycles. The van der Waals surface area contributed by atoms with Crippen molar-refractivity contribution in [1.82, 2.24) is 4.90 Å². The minimum Gasteiger partial charge on any atom is -0.501 e. The third-order valence-electron chi connectivity index (χ3n) is 3.94. The zero-order valence-electron chi connectivity index (χ0n) is 15.8. The molecule has 140 valence electrons. The minimum absolute atomic E-state index is 0.165. The molecule has 2 rings (SSSR count). The Bertz CT molecular complexity index is 689. The summed E-state index contributed by atoms with van der Waals surface area (Å²) in [5.41, 5.74) is 1.95. The predicted octanol–water partition coefficient (Wildman–Crippen LogP) is 5.37. The predicted molar refractivity (Wildman–Crippen MR) is 108 cm³/mol. The smallest absolute Gasteiger partial charge is 0.501 e. The molecule has 1 atom stereocenters. The lowest BCUT2D eigenvalue weighted by Gasteiger charge is -2.26. The van der Waals surface area contributed by atoms with Crippen molar-refractivity contribution in [2.75, 3.05) is 14.1 Å². The Balaban J connectivity index is 2.22. The van der Waals surface area contributed by atoms with Crippen LogP contribution >= 0.6 is 23.2 Å². The number of benzene rings is 2. The molecular formula is C19H24BCl2NO3.